The van der Waals surface area contributed by atoms with Crippen LogP contribution in [0.5, 0.6) is 0 Å². The van der Waals surface area contributed by atoms with Gasteiger partial charge < -0.3 is 14.5 Å². The highest BCUT2D eigenvalue weighted by atomic mass is 35.5. The smallest absolute Gasteiger partial charge is 0.376 e. The SMILES string of the molecule is CCOC(=O)c1oc2ccccc2c1NC(=O)CCS(=O)(=O)c1ccc(Cl)cc1. The molecule has 29 heavy (non-hydrogen) atoms. The topological polar surface area (TPSA) is 103 Å². The molecular weight excluding hydrogens is 418 g/mol. The maximum absolute atomic E-state index is 12.4. The van der Waals surface area contributed by atoms with Crippen LogP contribution in [0.25, 0.3) is 11.0 Å². The lowest BCUT2D eigenvalue weighted by molar-refractivity contribution is -0.115. The standard InChI is InChI=1S/C20H18ClNO6S/c1-2-27-20(24)19-18(15-5-3-4-6-16(15)28-19)22-17(23)11-12-29(25,26)14-9-7-13(21)8-10-14/h3-10H,2,11-12H2,1H3,(H,22,23). The van der Waals surface area contributed by atoms with E-state index >= 15 is 0 Å². The average molecular weight is 436 g/mol. The van der Waals surface area contributed by atoms with E-state index in [4.69, 9.17) is 20.8 Å². The highest BCUT2D eigenvalue weighted by molar-refractivity contribution is 7.91. The largest absolute Gasteiger partial charge is 0.460 e. The van der Waals surface area contributed by atoms with Crippen molar-refractivity contribution in [2.24, 2.45) is 0 Å². The molecule has 152 valence electrons. The van der Waals surface area contributed by atoms with Crippen molar-refractivity contribution in [3.63, 3.8) is 0 Å². The van der Waals surface area contributed by atoms with Gasteiger partial charge in [-0.1, -0.05) is 23.7 Å². The summed E-state index contributed by atoms with van der Waals surface area (Å²) in [6.45, 7) is 1.79. The summed E-state index contributed by atoms with van der Waals surface area (Å²) in [5.74, 6) is -1.82. The molecule has 0 aliphatic heterocycles. The van der Waals surface area contributed by atoms with Gasteiger partial charge in [0.15, 0.2) is 9.84 Å². The number of hydrogen-bond donors (Lipinski definition) is 1. The Morgan fingerprint density at radius 1 is 1.10 bits per heavy atom. The Morgan fingerprint density at radius 2 is 1.79 bits per heavy atom. The monoisotopic (exact) mass is 435 g/mol. The lowest BCUT2D eigenvalue weighted by atomic mass is 10.2. The molecule has 3 rings (SSSR count). The number of esters is 1. The van der Waals surface area contributed by atoms with E-state index in [1.165, 1.54) is 24.3 Å². The normalized spacial score (nSPS) is 11.4. The first kappa shape index (κ1) is 20.9. The molecular formula is C20H18ClNO6S. The number of ether oxygens (including phenoxy) is 1. The summed E-state index contributed by atoms with van der Waals surface area (Å²) < 4.78 is 35.3. The molecule has 0 spiro atoms. The summed E-state index contributed by atoms with van der Waals surface area (Å²) in [6, 6.07) is 12.5. The Balaban J connectivity index is 1.78. The Hall–Kier alpha value is -2.84. The molecule has 0 fully saturated rings. The van der Waals surface area contributed by atoms with Gasteiger partial charge in [0, 0.05) is 16.8 Å². The number of halogens is 1. The molecule has 2 aromatic carbocycles. The maximum Gasteiger partial charge on any atom is 0.376 e. The average Bonchev–Trinajstić information content (AvgIpc) is 3.06. The third-order valence-corrected chi connectivity index (χ3v) is 6.08. The van der Waals surface area contributed by atoms with Crippen LogP contribution in [0.3, 0.4) is 0 Å². The van der Waals surface area contributed by atoms with Crippen LogP contribution < -0.4 is 5.32 Å². The van der Waals surface area contributed by atoms with Crippen molar-refractivity contribution >= 4 is 50.0 Å². The second-order valence-corrected chi connectivity index (χ2v) is 8.64. The first-order valence-electron chi connectivity index (χ1n) is 8.78. The van der Waals surface area contributed by atoms with E-state index in [2.05, 4.69) is 5.32 Å². The Bertz CT molecular complexity index is 1150. The molecule has 7 nitrogen and oxygen atoms in total. The summed E-state index contributed by atoms with van der Waals surface area (Å²) in [5, 5.41) is 3.52. The third-order valence-electron chi connectivity index (χ3n) is 4.09. The van der Waals surface area contributed by atoms with Gasteiger partial charge in [-0.05, 0) is 43.3 Å². The quantitative estimate of drug-likeness (QED) is 0.561. The van der Waals surface area contributed by atoms with Gasteiger partial charge in [0.2, 0.25) is 11.7 Å². The number of amides is 1. The molecule has 0 saturated carbocycles. The van der Waals surface area contributed by atoms with Gasteiger partial charge >= 0.3 is 5.97 Å². The number of benzene rings is 2. The fourth-order valence-corrected chi connectivity index (χ4v) is 4.07. The fourth-order valence-electron chi connectivity index (χ4n) is 2.70. The predicted octanol–water partition coefficient (Wildman–Crippen LogP) is 4.07. The number of rotatable bonds is 7. The minimum absolute atomic E-state index is 0.0793. The van der Waals surface area contributed by atoms with E-state index in [-0.39, 0.29) is 29.4 Å². The van der Waals surface area contributed by atoms with Gasteiger partial charge in [-0.2, -0.15) is 0 Å². The zero-order valence-corrected chi connectivity index (χ0v) is 17.0. The van der Waals surface area contributed by atoms with Crippen LogP contribution in [0, 0.1) is 0 Å². The molecule has 0 saturated heterocycles. The summed E-state index contributed by atoms with van der Waals surface area (Å²) in [4.78, 5) is 24.7. The first-order valence-corrected chi connectivity index (χ1v) is 10.8. The molecule has 9 heteroatoms. The lowest BCUT2D eigenvalue weighted by Crippen LogP contribution is -2.18. The van der Waals surface area contributed by atoms with Crippen molar-refractivity contribution < 1.29 is 27.2 Å². The zero-order chi connectivity index (χ0) is 21.0. The number of furan rings is 1. The van der Waals surface area contributed by atoms with Crippen LogP contribution in [-0.4, -0.2) is 32.7 Å². The first-order chi connectivity index (χ1) is 13.8. The van der Waals surface area contributed by atoms with E-state index in [0.717, 1.165) is 0 Å². The number of carbonyl (C=O) groups is 2. The number of hydrogen-bond acceptors (Lipinski definition) is 6. The maximum atomic E-state index is 12.4. The molecule has 0 aliphatic carbocycles. The van der Waals surface area contributed by atoms with Crippen LogP contribution in [0.15, 0.2) is 57.8 Å². The van der Waals surface area contributed by atoms with E-state index in [0.29, 0.717) is 16.0 Å². The van der Waals surface area contributed by atoms with Gasteiger partial charge in [-0.3, -0.25) is 4.79 Å². The molecule has 1 heterocycles. The number of anilines is 1. The van der Waals surface area contributed by atoms with Gasteiger partial charge in [-0.25, -0.2) is 13.2 Å². The molecule has 0 bridgehead atoms. The molecule has 0 atom stereocenters. The third kappa shape index (κ3) is 4.78. The molecule has 1 amide bonds. The molecule has 0 unspecified atom stereocenters. The van der Waals surface area contributed by atoms with Crippen molar-refractivity contribution in [3.8, 4) is 0 Å². The molecule has 1 aromatic heterocycles. The second-order valence-electron chi connectivity index (χ2n) is 6.09. The van der Waals surface area contributed by atoms with Gasteiger partial charge in [0.25, 0.3) is 0 Å². The minimum atomic E-state index is -3.66. The summed E-state index contributed by atoms with van der Waals surface area (Å²) in [5.41, 5.74) is 0.563. The van der Waals surface area contributed by atoms with Crippen LogP contribution in [0.2, 0.25) is 5.02 Å². The molecule has 0 aliphatic rings. The highest BCUT2D eigenvalue weighted by Crippen LogP contribution is 2.31. The van der Waals surface area contributed by atoms with Crippen molar-refractivity contribution in [1.82, 2.24) is 0 Å². The fraction of sp³-hybridized carbons (Fsp3) is 0.200. The number of carbonyl (C=O) groups excluding carboxylic acids is 2. The Labute approximate surface area is 172 Å². The second kappa shape index (κ2) is 8.67. The summed E-state index contributed by atoms with van der Waals surface area (Å²) in [7, 11) is -3.66. The zero-order valence-electron chi connectivity index (χ0n) is 15.5. The van der Waals surface area contributed by atoms with Crippen LogP contribution >= 0.6 is 11.6 Å². The van der Waals surface area contributed by atoms with E-state index in [9.17, 15) is 18.0 Å². The molecule has 1 N–H and O–H groups in total. The Kier molecular flexibility index (Phi) is 6.24. The summed E-state index contributed by atoms with van der Waals surface area (Å²) in [6.07, 6.45) is -0.299. The van der Waals surface area contributed by atoms with Crippen molar-refractivity contribution in [1.29, 1.82) is 0 Å². The van der Waals surface area contributed by atoms with Crippen molar-refractivity contribution in [2.45, 2.75) is 18.2 Å². The van der Waals surface area contributed by atoms with Crippen molar-refractivity contribution in [3.05, 3.63) is 59.3 Å². The minimum Gasteiger partial charge on any atom is -0.460 e. The van der Waals surface area contributed by atoms with Gasteiger partial charge in [0.05, 0.1) is 17.3 Å². The Morgan fingerprint density at radius 3 is 2.48 bits per heavy atom. The van der Waals surface area contributed by atoms with E-state index < -0.39 is 27.5 Å². The molecule has 0 radical (unpaired) electrons. The number of para-hydroxylation sites is 1. The predicted molar refractivity (Wildman–Crippen MR) is 109 cm³/mol. The van der Waals surface area contributed by atoms with Crippen LogP contribution in [0.4, 0.5) is 5.69 Å². The van der Waals surface area contributed by atoms with Gasteiger partial charge in [0.1, 0.15) is 11.3 Å². The number of sulfone groups is 1. The van der Waals surface area contributed by atoms with Crippen LogP contribution in [-0.2, 0) is 19.4 Å². The number of nitrogens with one attached hydrogen (secondary N) is 1. The van der Waals surface area contributed by atoms with Crippen LogP contribution in [0.1, 0.15) is 23.9 Å². The van der Waals surface area contributed by atoms with E-state index in [1.807, 2.05) is 0 Å². The highest BCUT2D eigenvalue weighted by Gasteiger charge is 2.24. The molecule has 3 aromatic rings. The van der Waals surface area contributed by atoms with Crippen molar-refractivity contribution in [2.75, 3.05) is 17.7 Å². The van der Waals surface area contributed by atoms with E-state index in [1.54, 1.807) is 31.2 Å². The number of fused-ring (bicyclic) bond motifs is 1. The van der Waals surface area contributed by atoms with Gasteiger partial charge in [-0.15, -0.1) is 0 Å². The summed E-state index contributed by atoms with van der Waals surface area (Å²) >= 11 is 5.77. The lowest BCUT2D eigenvalue weighted by Gasteiger charge is -2.07.